The molecule has 1 N–H and O–H groups in total. The van der Waals surface area contributed by atoms with E-state index in [9.17, 15) is 17.2 Å². The highest BCUT2D eigenvalue weighted by Gasteiger charge is 2.25. The summed E-state index contributed by atoms with van der Waals surface area (Å²) in [4.78, 5) is 1.67. The number of sulfonamides is 1. The Bertz CT molecular complexity index is 862. The molecule has 8 heteroatoms. The molecule has 5 nitrogen and oxygen atoms in total. The number of morpholine rings is 1. The number of hydrogen-bond donors (Lipinski definition) is 1. The van der Waals surface area contributed by atoms with Crippen LogP contribution in [0.4, 0.5) is 8.78 Å². The van der Waals surface area contributed by atoms with Gasteiger partial charge in [0, 0.05) is 25.7 Å². The molecule has 3 rings (SSSR count). The van der Waals surface area contributed by atoms with Crippen LogP contribution in [-0.2, 0) is 14.8 Å². The minimum absolute atomic E-state index is 0.431. The first-order valence-electron chi connectivity index (χ1n) is 8.68. The number of hydrogen-bond acceptors (Lipinski definition) is 4. The molecule has 2 aromatic carbocycles. The van der Waals surface area contributed by atoms with Gasteiger partial charge in [0.2, 0.25) is 10.0 Å². The lowest BCUT2D eigenvalue weighted by Gasteiger charge is -2.31. The molecule has 1 saturated heterocycles. The zero-order chi connectivity index (χ0) is 19.4. The van der Waals surface area contributed by atoms with E-state index in [0.29, 0.717) is 38.9 Å². The molecule has 0 radical (unpaired) electrons. The molecule has 0 saturated carbocycles. The number of rotatable bonds is 6. The highest BCUT2D eigenvalue weighted by molar-refractivity contribution is 7.89. The van der Waals surface area contributed by atoms with Crippen molar-refractivity contribution in [2.75, 3.05) is 32.8 Å². The predicted molar refractivity (Wildman–Crippen MR) is 97.9 cm³/mol. The summed E-state index contributed by atoms with van der Waals surface area (Å²) in [7, 11) is -4.10. The van der Waals surface area contributed by atoms with Gasteiger partial charge in [-0.15, -0.1) is 0 Å². The smallest absolute Gasteiger partial charge is 0.241 e. The van der Waals surface area contributed by atoms with Crippen molar-refractivity contribution in [2.45, 2.75) is 17.9 Å². The second-order valence-corrected chi connectivity index (χ2v) is 8.32. The van der Waals surface area contributed by atoms with Gasteiger partial charge in [-0.3, -0.25) is 4.90 Å². The van der Waals surface area contributed by atoms with Crippen molar-refractivity contribution in [3.05, 3.63) is 65.2 Å². The van der Waals surface area contributed by atoms with Crippen molar-refractivity contribution in [1.82, 2.24) is 9.62 Å². The summed E-state index contributed by atoms with van der Waals surface area (Å²) in [5.41, 5.74) is 1.84. The SMILES string of the molecule is Cc1ccc([C@@H](CN2CCOCC2)NS(=O)(=O)c2cc(F)cc(F)c2)cc1. The van der Waals surface area contributed by atoms with Gasteiger partial charge in [-0.2, -0.15) is 0 Å². The number of nitrogens with zero attached hydrogens (tertiary/aromatic N) is 1. The van der Waals surface area contributed by atoms with Crippen molar-refractivity contribution < 1.29 is 21.9 Å². The molecule has 27 heavy (non-hydrogen) atoms. The molecule has 2 aromatic rings. The van der Waals surface area contributed by atoms with E-state index in [2.05, 4.69) is 9.62 Å². The van der Waals surface area contributed by atoms with Crippen LogP contribution in [0.5, 0.6) is 0 Å². The van der Waals surface area contributed by atoms with E-state index in [1.165, 1.54) is 0 Å². The van der Waals surface area contributed by atoms with Crippen molar-refractivity contribution in [3.63, 3.8) is 0 Å². The van der Waals surface area contributed by atoms with E-state index in [-0.39, 0.29) is 0 Å². The van der Waals surface area contributed by atoms with Gasteiger partial charge in [0.05, 0.1) is 24.2 Å². The van der Waals surface area contributed by atoms with Crippen molar-refractivity contribution in [2.24, 2.45) is 0 Å². The third-order valence-electron chi connectivity index (χ3n) is 4.47. The van der Waals surface area contributed by atoms with Crippen LogP contribution in [0, 0.1) is 18.6 Å². The topological polar surface area (TPSA) is 58.6 Å². The minimum atomic E-state index is -4.10. The first kappa shape index (κ1) is 19.9. The van der Waals surface area contributed by atoms with Crippen LogP contribution in [0.15, 0.2) is 47.4 Å². The highest BCUT2D eigenvalue weighted by atomic mass is 32.2. The van der Waals surface area contributed by atoms with Crippen LogP contribution in [0.3, 0.4) is 0 Å². The van der Waals surface area contributed by atoms with Crippen molar-refractivity contribution >= 4 is 10.0 Å². The van der Waals surface area contributed by atoms with Crippen LogP contribution < -0.4 is 4.72 Å². The fourth-order valence-corrected chi connectivity index (χ4v) is 4.25. The normalized spacial score (nSPS) is 17.0. The Kier molecular flexibility index (Phi) is 6.21. The Morgan fingerprint density at radius 2 is 1.67 bits per heavy atom. The van der Waals surface area contributed by atoms with Gasteiger partial charge in [0.25, 0.3) is 0 Å². The Hall–Kier alpha value is -1.87. The van der Waals surface area contributed by atoms with E-state index < -0.39 is 32.6 Å². The Morgan fingerprint density at radius 1 is 1.07 bits per heavy atom. The van der Waals surface area contributed by atoms with Crippen LogP contribution in [0.25, 0.3) is 0 Å². The fourth-order valence-electron chi connectivity index (χ4n) is 2.99. The van der Waals surface area contributed by atoms with Crippen LogP contribution in [0.2, 0.25) is 0 Å². The Balaban J connectivity index is 1.88. The van der Waals surface area contributed by atoms with Gasteiger partial charge in [-0.25, -0.2) is 21.9 Å². The fraction of sp³-hybridized carbons (Fsp3) is 0.368. The minimum Gasteiger partial charge on any atom is -0.379 e. The van der Waals surface area contributed by atoms with Gasteiger partial charge in [-0.05, 0) is 24.6 Å². The number of ether oxygens (including phenoxy) is 1. The molecule has 1 aliphatic heterocycles. The number of benzene rings is 2. The second kappa shape index (κ2) is 8.43. The lowest BCUT2D eigenvalue weighted by molar-refractivity contribution is 0.0345. The standard InChI is InChI=1S/C19H22F2N2O3S/c1-14-2-4-15(5-3-14)19(13-23-6-8-26-9-7-23)22-27(24,25)18-11-16(20)10-17(21)12-18/h2-5,10-12,19,22H,6-9,13H2,1H3/t19-/m1/s1. The van der Waals surface area contributed by atoms with E-state index >= 15 is 0 Å². The maximum Gasteiger partial charge on any atom is 0.241 e. The Labute approximate surface area is 158 Å². The summed E-state index contributed by atoms with van der Waals surface area (Å²) < 4.78 is 60.4. The summed E-state index contributed by atoms with van der Waals surface area (Å²) in [6.45, 7) is 4.94. The molecule has 0 unspecified atom stereocenters. The molecular weight excluding hydrogens is 374 g/mol. The van der Waals surface area contributed by atoms with E-state index in [0.717, 1.165) is 23.3 Å². The third-order valence-corrected chi connectivity index (χ3v) is 5.92. The van der Waals surface area contributed by atoms with Gasteiger partial charge < -0.3 is 4.74 Å². The summed E-state index contributed by atoms with van der Waals surface area (Å²) >= 11 is 0. The van der Waals surface area contributed by atoms with E-state index in [1.807, 2.05) is 31.2 Å². The van der Waals surface area contributed by atoms with Crippen LogP contribution in [0.1, 0.15) is 17.2 Å². The van der Waals surface area contributed by atoms with Crippen molar-refractivity contribution in [1.29, 1.82) is 0 Å². The zero-order valence-corrected chi connectivity index (χ0v) is 15.8. The number of aryl methyl sites for hydroxylation is 1. The highest BCUT2D eigenvalue weighted by Crippen LogP contribution is 2.21. The molecule has 1 aliphatic rings. The molecule has 146 valence electrons. The van der Waals surface area contributed by atoms with Gasteiger partial charge in [0.1, 0.15) is 11.6 Å². The molecule has 1 fully saturated rings. The van der Waals surface area contributed by atoms with Gasteiger partial charge in [-0.1, -0.05) is 29.8 Å². The maximum atomic E-state index is 13.5. The van der Waals surface area contributed by atoms with Gasteiger partial charge >= 0.3 is 0 Å². The molecule has 1 atom stereocenters. The largest absolute Gasteiger partial charge is 0.379 e. The zero-order valence-electron chi connectivity index (χ0n) is 15.0. The van der Waals surface area contributed by atoms with Gasteiger partial charge in [0.15, 0.2) is 0 Å². The van der Waals surface area contributed by atoms with Crippen LogP contribution in [-0.4, -0.2) is 46.2 Å². The first-order valence-corrected chi connectivity index (χ1v) is 10.2. The maximum absolute atomic E-state index is 13.5. The monoisotopic (exact) mass is 396 g/mol. The third kappa shape index (κ3) is 5.32. The lowest BCUT2D eigenvalue weighted by atomic mass is 10.1. The Morgan fingerprint density at radius 3 is 2.26 bits per heavy atom. The quantitative estimate of drug-likeness (QED) is 0.816. The van der Waals surface area contributed by atoms with Crippen LogP contribution >= 0.6 is 0 Å². The molecule has 0 bridgehead atoms. The summed E-state index contributed by atoms with van der Waals surface area (Å²) in [6.07, 6.45) is 0. The molecule has 0 aromatic heterocycles. The average molecular weight is 396 g/mol. The number of halogens is 2. The van der Waals surface area contributed by atoms with Crippen molar-refractivity contribution in [3.8, 4) is 0 Å². The van der Waals surface area contributed by atoms with E-state index in [1.54, 1.807) is 0 Å². The first-order chi connectivity index (χ1) is 12.8. The molecule has 1 heterocycles. The molecule has 0 amide bonds. The van der Waals surface area contributed by atoms with E-state index in [4.69, 9.17) is 4.74 Å². The summed E-state index contributed by atoms with van der Waals surface area (Å²) in [5.74, 6) is -1.87. The average Bonchev–Trinajstić information content (AvgIpc) is 2.62. The second-order valence-electron chi connectivity index (χ2n) is 6.60. The lowest BCUT2D eigenvalue weighted by Crippen LogP contribution is -2.43. The number of nitrogens with one attached hydrogen (secondary N) is 1. The summed E-state index contributed by atoms with van der Waals surface area (Å²) in [5, 5.41) is 0. The molecular formula is C19H22F2N2O3S. The predicted octanol–water partition coefficient (Wildman–Crippen LogP) is 2.63. The molecule has 0 aliphatic carbocycles. The summed E-state index contributed by atoms with van der Waals surface area (Å²) in [6, 6.07) is 9.22. The molecule has 0 spiro atoms.